The molecule has 2 heterocycles. The van der Waals surface area contributed by atoms with Crippen molar-refractivity contribution in [2.45, 2.75) is 33.2 Å². The first-order valence-electron chi connectivity index (χ1n) is 7.67. The Morgan fingerprint density at radius 1 is 1.05 bits per heavy atom. The molecule has 0 amide bonds. The molecule has 0 atom stereocenters. The number of pyridine rings is 1. The van der Waals surface area contributed by atoms with Crippen LogP contribution in [0.1, 0.15) is 36.7 Å². The van der Waals surface area contributed by atoms with E-state index in [1.165, 1.54) is 11.1 Å². The highest BCUT2D eigenvalue weighted by atomic mass is 15.3. The SMILES string of the molecule is Cc1cc(-c2cnn(Cc3ccccc3)c2)cc(C(C)C)n1. The normalized spacial score (nSPS) is 11.1. The Bertz CT molecular complexity index is 757. The predicted octanol–water partition coefficient (Wildman–Crippen LogP) is 4.43. The molecular formula is C19H21N3. The molecule has 1 aromatic carbocycles. The molecule has 0 aliphatic heterocycles. The number of aromatic nitrogens is 3. The summed E-state index contributed by atoms with van der Waals surface area (Å²) in [5, 5.41) is 4.49. The van der Waals surface area contributed by atoms with Crippen LogP contribution in [-0.2, 0) is 6.54 Å². The molecular weight excluding hydrogens is 270 g/mol. The van der Waals surface area contributed by atoms with Crippen LogP contribution in [-0.4, -0.2) is 14.8 Å². The highest BCUT2D eigenvalue weighted by molar-refractivity contribution is 5.62. The maximum absolute atomic E-state index is 4.61. The van der Waals surface area contributed by atoms with Gasteiger partial charge in [0.25, 0.3) is 0 Å². The Hall–Kier alpha value is -2.42. The predicted molar refractivity (Wildman–Crippen MR) is 89.8 cm³/mol. The first kappa shape index (κ1) is 14.5. The van der Waals surface area contributed by atoms with Crippen LogP contribution in [0.15, 0.2) is 54.9 Å². The summed E-state index contributed by atoms with van der Waals surface area (Å²) in [6.07, 6.45) is 4.04. The van der Waals surface area contributed by atoms with Gasteiger partial charge in [-0.1, -0.05) is 44.2 Å². The van der Waals surface area contributed by atoms with Crippen LogP contribution in [0.5, 0.6) is 0 Å². The molecule has 3 rings (SSSR count). The fourth-order valence-electron chi connectivity index (χ4n) is 2.53. The van der Waals surface area contributed by atoms with Gasteiger partial charge in [0, 0.05) is 23.1 Å². The average molecular weight is 291 g/mol. The second-order valence-electron chi connectivity index (χ2n) is 5.99. The lowest BCUT2D eigenvalue weighted by atomic mass is 10.0. The van der Waals surface area contributed by atoms with E-state index in [2.05, 4.69) is 66.5 Å². The first-order valence-corrected chi connectivity index (χ1v) is 7.67. The van der Waals surface area contributed by atoms with Crippen molar-refractivity contribution in [3.8, 4) is 11.1 Å². The van der Waals surface area contributed by atoms with E-state index in [0.29, 0.717) is 5.92 Å². The van der Waals surface area contributed by atoms with Gasteiger partial charge in [-0.15, -0.1) is 0 Å². The number of hydrogen-bond donors (Lipinski definition) is 0. The van der Waals surface area contributed by atoms with Gasteiger partial charge in [-0.3, -0.25) is 9.67 Å². The highest BCUT2D eigenvalue weighted by Crippen LogP contribution is 2.23. The van der Waals surface area contributed by atoms with E-state index in [1.807, 2.05) is 23.9 Å². The van der Waals surface area contributed by atoms with Gasteiger partial charge in [0.2, 0.25) is 0 Å². The summed E-state index contributed by atoms with van der Waals surface area (Å²) in [7, 11) is 0. The summed E-state index contributed by atoms with van der Waals surface area (Å²) < 4.78 is 1.98. The molecule has 0 aliphatic carbocycles. The van der Waals surface area contributed by atoms with Crippen LogP contribution in [0.2, 0.25) is 0 Å². The number of aryl methyl sites for hydroxylation is 1. The average Bonchev–Trinajstić information content (AvgIpc) is 2.96. The second kappa shape index (κ2) is 6.14. The molecule has 0 saturated carbocycles. The third-order valence-corrected chi connectivity index (χ3v) is 3.72. The maximum atomic E-state index is 4.61. The van der Waals surface area contributed by atoms with E-state index in [1.54, 1.807) is 0 Å². The molecule has 2 aromatic heterocycles. The van der Waals surface area contributed by atoms with Gasteiger partial charge in [-0.2, -0.15) is 5.10 Å². The van der Waals surface area contributed by atoms with Crippen molar-refractivity contribution in [2.75, 3.05) is 0 Å². The molecule has 0 radical (unpaired) electrons. The van der Waals surface area contributed by atoms with Crippen molar-refractivity contribution in [1.82, 2.24) is 14.8 Å². The molecule has 22 heavy (non-hydrogen) atoms. The van der Waals surface area contributed by atoms with Crippen molar-refractivity contribution in [1.29, 1.82) is 0 Å². The van der Waals surface area contributed by atoms with Crippen LogP contribution in [0, 0.1) is 6.92 Å². The molecule has 0 saturated heterocycles. The molecule has 0 unspecified atom stereocenters. The van der Waals surface area contributed by atoms with Gasteiger partial charge >= 0.3 is 0 Å². The zero-order chi connectivity index (χ0) is 15.5. The Morgan fingerprint density at radius 3 is 2.55 bits per heavy atom. The number of rotatable bonds is 4. The lowest BCUT2D eigenvalue weighted by Crippen LogP contribution is -1.99. The van der Waals surface area contributed by atoms with Gasteiger partial charge in [-0.05, 0) is 36.1 Å². The minimum Gasteiger partial charge on any atom is -0.268 e. The van der Waals surface area contributed by atoms with Crippen LogP contribution in [0.3, 0.4) is 0 Å². The summed E-state index contributed by atoms with van der Waals surface area (Å²) >= 11 is 0. The van der Waals surface area contributed by atoms with Crippen LogP contribution in [0.25, 0.3) is 11.1 Å². The van der Waals surface area contributed by atoms with Crippen LogP contribution >= 0.6 is 0 Å². The topological polar surface area (TPSA) is 30.7 Å². The Morgan fingerprint density at radius 2 is 1.82 bits per heavy atom. The monoisotopic (exact) mass is 291 g/mol. The van der Waals surface area contributed by atoms with E-state index in [0.717, 1.165) is 23.5 Å². The number of nitrogens with zero attached hydrogens (tertiary/aromatic N) is 3. The fourth-order valence-corrected chi connectivity index (χ4v) is 2.53. The minimum atomic E-state index is 0.429. The Balaban J connectivity index is 1.87. The molecule has 0 bridgehead atoms. The minimum absolute atomic E-state index is 0.429. The fraction of sp³-hybridized carbons (Fsp3) is 0.263. The van der Waals surface area contributed by atoms with Crippen molar-refractivity contribution in [2.24, 2.45) is 0 Å². The zero-order valence-electron chi connectivity index (χ0n) is 13.3. The van der Waals surface area contributed by atoms with E-state index in [9.17, 15) is 0 Å². The Kier molecular flexibility index (Phi) is 4.05. The van der Waals surface area contributed by atoms with Gasteiger partial charge in [-0.25, -0.2) is 0 Å². The summed E-state index contributed by atoms with van der Waals surface area (Å²) in [6, 6.07) is 14.7. The van der Waals surface area contributed by atoms with Crippen molar-refractivity contribution >= 4 is 0 Å². The van der Waals surface area contributed by atoms with Crippen LogP contribution in [0.4, 0.5) is 0 Å². The molecule has 112 valence electrons. The molecule has 0 spiro atoms. The van der Waals surface area contributed by atoms with E-state index < -0.39 is 0 Å². The summed E-state index contributed by atoms with van der Waals surface area (Å²) in [5.74, 6) is 0.429. The third kappa shape index (κ3) is 3.25. The van der Waals surface area contributed by atoms with Crippen molar-refractivity contribution in [3.63, 3.8) is 0 Å². The smallest absolute Gasteiger partial charge is 0.0659 e. The summed E-state index contributed by atoms with van der Waals surface area (Å²) in [6.45, 7) is 7.18. The van der Waals surface area contributed by atoms with Gasteiger partial charge in [0.1, 0.15) is 0 Å². The number of benzene rings is 1. The first-order chi connectivity index (χ1) is 10.6. The molecule has 3 heteroatoms. The van der Waals surface area contributed by atoms with E-state index >= 15 is 0 Å². The van der Waals surface area contributed by atoms with Gasteiger partial charge < -0.3 is 0 Å². The summed E-state index contributed by atoms with van der Waals surface area (Å²) in [4.78, 5) is 4.61. The molecule has 0 aliphatic rings. The second-order valence-corrected chi connectivity index (χ2v) is 5.99. The maximum Gasteiger partial charge on any atom is 0.0659 e. The van der Waals surface area contributed by atoms with E-state index in [4.69, 9.17) is 0 Å². The standard InChI is InChI=1S/C19H21N3/c1-14(2)19-10-17(9-15(3)21-19)18-11-20-22(13-18)12-16-7-5-4-6-8-16/h4-11,13-14H,12H2,1-3H3. The molecule has 3 aromatic rings. The third-order valence-electron chi connectivity index (χ3n) is 3.72. The highest BCUT2D eigenvalue weighted by Gasteiger charge is 2.08. The summed E-state index contributed by atoms with van der Waals surface area (Å²) in [5.41, 5.74) is 5.77. The molecule has 0 N–H and O–H groups in total. The van der Waals surface area contributed by atoms with Gasteiger partial charge in [0.15, 0.2) is 0 Å². The Labute approximate surface area is 131 Å². The number of hydrogen-bond acceptors (Lipinski definition) is 2. The largest absolute Gasteiger partial charge is 0.268 e. The molecule has 0 fully saturated rings. The molecule has 3 nitrogen and oxygen atoms in total. The van der Waals surface area contributed by atoms with Crippen molar-refractivity contribution in [3.05, 3.63) is 71.8 Å². The lowest BCUT2D eigenvalue weighted by Gasteiger charge is -2.08. The lowest BCUT2D eigenvalue weighted by molar-refractivity contribution is 0.687. The zero-order valence-corrected chi connectivity index (χ0v) is 13.3. The van der Waals surface area contributed by atoms with Gasteiger partial charge in [0.05, 0.1) is 12.7 Å². The van der Waals surface area contributed by atoms with E-state index in [-0.39, 0.29) is 0 Å². The van der Waals surface area contributed by atoms with Crippen molar-refractivity contribution < 1.29 is 0 Å². The quantitative estimate of drug-likeness (QED) is 0.712. The van der Waals surface area contributed by atoms with Crippen LogP contribution < -0.4 is 0 Å².